The Morgan fingerprint density at radius 2 is 2.32 bits per heavy atom. The van der Waals surface area contributed by atoms with Gasteiger partial charge in [-0.25, -0.2) is 0 Å². The summed E-state index contributed by atoms with van der Waals surface area (Å²) in [7, 11) is 2.09. The Morgan fingerprint density at radius 1 is 1.47 bits per heavy atom. The Hall–Kier alpha value is -0.650. The van der Waals surface area contributed by atoms with Crippen molar-refractivity contribution in [1.29, 1.82) is 0 Å². The fourth-order valence-corrected chi connectivity index (χ4v) is 3.09. The number of hydrogen-bond donors (Lipinski definition) is 2. The van der Waals surface area contributed by atoms with Crippen molar-refractivity contribution in [2.75, 3.05) is 39.8 Å². The lowest BCUT2D eigenvalue weighted by atomic mass is 9.81. The highest BCUT2D eigenvalue weighted by atomic mass is 16.5. The van der Waals surface area contributed by atoms with Gasteiger partial charge in [0.25, 0.3) is 0 Å². The van der Waals surface area contributed by atoms with Crippen molar-refractivity contribution in [2.24, 2.45) is 17.6 Å². The van der Waals surface area contributed by atoms with Crippen LogP contribution >= 0.6 is 0 Å². The van der Waals surface area contributed by atoms with E-state index < -0.39 is 0 Å². The summed E-state index contributed by atoms with van der Waals surface area (Å²) in [6, 6.07) is 0. The van der Waals surface area contributed by atoms with Crippen LogP contribution in [0.1, 0.15) is 25.7 Å². The second-order valence-electron chi connectivity index (χ2n) is 5.97. The molecule has 110 valence electrons. The smallest absolute Gasteiger partial charge is 0.223 e. The largest absolute Gasteiger partial charge is 0.374 e. The molecule has 1 aliphatic carbocycles. The highest BCUT2D eigenvalue weighted by Gasteiger charge is 2.27. The van der Waals surface area contributed by atoms with Gasteiger partial charge in [0.2, 0.25) is 5.91 Å². The van der Waals surface area contributed by atoms with Crippen molar-refractivity contribution < 1.29 is 9.53 Å². The number of hydrogen-bond acceptors (Lipinski definition) is 4. The van der Waals surface area contributed by atoms with Gasteiger partial charge < -0.3 is 20.7 Å². The molecule has 1 saturated heterocycles. The Kier molecular flexibility index (Phi) is 5.60. The van der Waals surface area contributed by atoms with Gasteiger partial charge in [0.15, 0.2) is 0 Å². The Labute approximate surface area is 115 Å². The first kappa shape index (κ1) is 14.8. The monoisotopic (exact) mass is 269 g/mol. The number of nitrogens with two attached hydrogens (primary N) is 1. The minimum atomic E-state index is 0.136. The normalized spacial score (nSPS) is 33.1. The number of likely N-dealkylation sites (N-methyl/N-ethyl adjacent to an activating group) is 1. The minimum absolute atomic E-state index is 0.136. The molecule has 0 aromatic carbocycles. The number of amides is 1. The van der Waals surface area contributed by atoms with E-state index >= 15 is 0 Å². The van der Waals surface area contributed by atoms with Crippen LogP contribution in [0, 0.1) is 11.8 Å². The molecule has 0 spiro atoms. The summed E-state index contributed by atoms with van der Waals surface area (Å²) >= 11 is 0. The number of carbonyl (C=O) groups is 1. The van der Waals surface area contributed by atoms with Gasteiger partial charge in [-0.05, 0) is 38.8 Å². The molecule has 0 radical (unpaired) electrons. The number of morpholine rings is 1. The van der Waals surface area contributed by atoms with Gasteiger partial charge in [0.05, 0.1) is 12.7 Å². The van der Waals surface area contributed by atoms with Crippen molar-refractivity contribution in [3.8, 4) is 0 Å². The second kappa shape index (κ2) is 7.22. The highest BCUT2D eigenvalue weighted by Crippen LogP contribution is 2.28. The van der Waals surface area contributed by atoms with Gasteiger partial charge in [0, 0.05) is 25.6 Å². The second-order valence-corrected chi connectivity index (χ2v) is 5.97. The lowest BCUT2D eigenvalue weighted by Gasteiger charge is -2.31. The molecule has 3 N–H and O–H groups in total. The molecule has 5 heteroatoms. The zero-order valence-electron chi connectivity index (χ0n) is 11.9. The molecule has 2 rings (SSSR count). The van der Waals surface area contributed by atoms with Crippen LogP contribution in [0.4, 0.5) is 0 Å². The molecule has 0 aromatic rings. The van der Waals surface area contributed by atoms with E-state index in [2.05, 4.69) is 17.3 Å². The summed E-state index contributed by atoms with van der Waals surface area (Å²) in [6.45, 7) is 3.98. The third kappa shape index (κ3) is 4.44. The minimum Gasteiger partial charge on any atom is -0.374 e. The van der Waals surface area contributed by atoms with Crippen LogP contribution in [0.3, 0.4) is 0 Å². The van der Waals surface area contributed by atoms with E-state index in [1.807, 2.05) is 0 Å². The zero-order chi connectivity index (χ0) is 13.7. The molecule has 2 aliphatic rings. The first-order valence-electron chi connectivity index (χ1n) is 7.47. The van der Waals surface area contributed by atoms with Crippen LogP contribution in [0.5, 0.6) is 0 Å². The molecule has 1 saturated carbocycles. The van der Waals surface area contributed by atoms with E-state index in [0.717, 1.165) is 39.0 Å². The van der Waals surface area contributed by atoms with Crippen LogP contribution < -0.4 is 11.1 Å². The number of rotatable bonds is 4. The summed E-state index contributed by atoms with van der Waals surface area (Å²) in [6.07, 6.45) is 4.40. The molecule has 2 fully saturated rings. The van der Waals surface area contributed by atoms with E-state index in [-0.39, 0.29) is 17.9 Å². The Morgan fingerprint density at radius 3 is 3.05 bits per heavy atom. The molecule has 0 aromatic heterocycles. The predicted octanol–water partition coefficient (Wildman–Crippen LogP) is 0.198. The fourth-order valence-electron chi connectivity index (χ4n) is 3.09. The van der Waals surface area contributed by atoms with Crippen molar-refractivity contribution in [3.63, 3.8) is 0 Å². The van der Waals surface area contributed by atoms with Crippen LogP contribution in [0.15, 0.2) is 0 Å². The number of carbonyl (C=O) groups excluding carboxylic acids is 1. The van der Waals surface area contributed by atoms with Gasteiger partial charge in [0.1, 0.15) is 0 Å². The number of nitrogens with one attached hydrogen (secondary N) is 1. The molecule has 3 unspecified atom stereocenters. The maximum absolute atomic E-state index is 12.2. The van der Waals surface area contributed by atoms with Crippen molar-refractivity contribution in [1.82, 2.24) is 10.2 Å². The predicted molar refractivity (Wildman–Crippen MR) is 74.7 cm³/mol. The third-order valence-corrected chi connectivity index (χ3v) is 4.33. The molecular weight excluding hydrogens is 242 g/mol. The van der Waals surface area contributed by atoms with Gasteiger partial charge >= 0.3 is 0 Å². The number of ether oxygens (including phenoxy) is 1. The summed E-state index contributed by atoms with van der Waals surface area (Å²) < 4.78 is 5.65. The van der Waals surface area contributed by atoms with Crippen molar-refractivity contribution >= 4 is 5.91 Å². The van der Waals surface area contributed by atoms with Crippen LogP contribution in [-0.2, 0) is 9.53 Å². The molecule has 19 heavy (non-hydrogen) atoms. The molecule has 3 atom stereocenters. The topological polar surface area (TPSA) is 67.6 Å². The van der Waals surface area contributed by atoms with Gasteiger partial charge in [-0.1, -0.05) is 6.42 Å². The standard InChI is InChI=1S/C14H27N3O2/c1-17-5-6-19-13(10-17)9-16-14(18)12-4-2-3-11(7-12)8-15/h11-13H,2-10,15H2,1H3,(H,16,18). The molecule has 1 aliphatic heterocycles. The summed E-state index contributed by atoms with van der Waals surface area (Å²) in [5, 5.41) is 3.06. The van der Waals surface area contributed by atoms with E-state index in [1.54, 1.807) is 0 Å². The maximum Gasteiger partial charge on any atom is 0.223 e. The van der Waals surface area contributed by atoms with Crippen LogP contribution in [0.2, 0.25) is 0 Å². The van der Waals surface area contributed by atoms with Crippen LogP contribution in [0.25, 0.3) is 0 Å². The van der Waals surface area contributed by atoms with Crippen molar-refractivity contribution in [3.05, 3.63) is 0 Å². The van der Waals surface area contributed by atoms with Gasteiger partial charge in [-0.2, -0.15) is 0 Å². The summed E-state index contributed by atoms with van der Waals surface area (Å²) in [5.74, 6) is 0.875. The first-order chi connectivity index (χ1) is 9.19. The summed E-state index contributed by atoms with van der Waals surface area (Å²) in [4.78, 5) is 14.4. The Bertz CT molecular complexity index is 298. The Balaban J connectivity index is 1.71. The average molecular weight is 269 g/mol. The first-order valence-corrected chi connectivity index (χ1v) is 7.47. The lowest BCUT2D eigenvalue weighted by molar-refractivity contribution is -0.127. The zero-order valence-corrected chi connectivity index (χ0v) is 11.9. The quantitative estimate of drug-likeness (QED) is 0.765. The van der Waals surface area contributed by atoms with E-state index in [0.29, 0.717) is 19.0 Å². The molecule has 5 nitrogen and oxygen atoms in total. The molecule has 1 heterocycles. The lowest BCUT2D eigenvalue weighted by Crippen LogP contribution is -2.47. The van der Waals surface area contributed by atoms with E-state index in [4.69, 9.17) is 10.5 Å². The van der Waals surface area contributed by atoms with Crippen LogP contribution in [-0.4, -0.2) is 56.7 Å². The van der Waals surface area contributed by atoms with Crippen molar-refractivity contribution in [2.45, 2.75) is 31.8 Å². The number of nitrogens with zero attached hydrogens (tertiary/aromatic N) is 1. The average Bonchev–Trinajstić information content (AvgIpc) is 2.45. The molecular formula is C14H27N3O2. The summed E-state index contributed by atoms with van der Waals surface area (Å²) in [5.41, 5.74) is 5.71. The SMILES string of the molecule is CN1CCOC(CNC(=O)C2CCCC(CN)C2)C1. The van der Waals surface area contributed by atoms with E-state index in [1.165, 1.54) is 6.42 Å². The highest BCUT2D eigenvalue weighted by molar-refractivity contribution is 5.78. The maximum atomic E-state index is 12.2. The fraction of sp³-hybridized carbons (Fsp3) is 0.929. The van der Waals surface area contributed by atoms with Gasteiger partial charge in [-0.3, -0.25) is 4.79 Å². The molecule has 1 amide bonds. The van der Waals surface area contributed by atoms with Gasteiger partial charge in [-0.15, -0.1) is 0 Å². The van der Waals surface area contributed by atoms with E-state index in [9.17, 15) is 4.79 Å². The third-order valence-electron chi connectivity index (χ3n) is 4.33. The molecule has 0 bridgehead atoms.